The van der Waals surface area contributed by atoms with E-state index in [0.29, 0.717) is 12.3 Å². The fraction of sp³-hybridized carbons (Fsp3) is 1.00. The van der Waals surface area contributed by atoms with E-state index in [1.54, 1.807) is 0 Å². The Morgan fingerprint density at radius 1 is 1.18 bits per heavy atom. The van der Waals surface area contributed by atoms with Crippen LogP contribution in [-0.4, -0.2) is 60.6 Å². The highest BCUT2D eigenvalue weighted by atomic mass is 32.2. The molecule has 0 aromatic rings. The number of quaternary nitrogens is 1. The third kappa shape index (κ3) is 3.40. The molecular weight excluding hydrogens is 242 g/mol. The average molecular weight is 264 g/mol. The zero-order chi connectivity index (χ0) is 12.5. The zero-order valence-corrected chi connectivity index (χ0v) is 10.9. The number of aliphatic hydroxyl groups excluding tert-OH is 1. The lowest BCUT2D eigenvalue weighted by Gasteiger charge is -2.51. The molecule has 2 bridgehead atoms. The molecule has 0 aromatic carbocycles. The van der Waals surface area contributed by atoms with Gasteiger partial charge in [-0.3, -0.25) is 4.55 Å². The van der Waals surface area contributed by atoms with Crippen LogP contribution in [0.1, 0.15) is 25.7 Å². The first kappa shape index (κ1) is 13.3. The fourth-order valence-corrected chi connectivity index (χ4v) is 3.86. The van der Waals surface area contributed by atoms with E-state index in [0.717, 1.165) is 49.9 Å². The molecule has 3 fully saturated rings. The first-order chi connectivity index (χ1) is 7.90. The summed E-state index contributed by atoms with van der Waals surface area (Å²) in [5.74, 6) is 0.353. The van der Waals surface area contributed by atoms with Crippen LogP contribution >= 0.6 is 0 Å². The Labute approximate surface area is 103 Å². The molecule has 3 aliphatic rings. The summed E-state index contributed by atoms with van der Waals surface area (Å²) in [6.45, 7) is 4.00. The van der Waals surface area contributed by atoms with Crippen LogP contribution in [0.5, 0.6) is 0 Å². The van der Waals surface area contributed by atoms with Crippen LogP contribution in [0.3, 0.4) is 0 Å². The molecule has 0 amide bonds. The van der Waals surface area contributed by atoms with Gasteiger partial charge in [0, 0.05) is 18.8 Å². The minimum absolute atomic E-state index is 0.141. The van der Waals surface area contributed by atoms with Crippen LogP contribution in [0, 0.1) is 5.92 Å². The molecule has 3 heterocycles. The Kier molecular flexibility index (Phi) is 3.77. The van der Waals surface area contributed by atoms with Gasteiger partial charge in [0.1, 0.15) is 12.6 Å². The van der Waals surface area contributed by atoms with Gasteiger partial charge in [-0.15, -0.1) is 0 Å². The van der Waals surface area contributed by atoms with E-state index in [-0.39, 0.29) is 11.9 Å². The maximum atomic E-state index is 10.6. The maximum absolute atomic E-state index is 10.6. The van der Waals surface area contributed by atoms with E-state index in [1.165, 1.54) is 0 Å². The minimum Gasteiger partial charge on any atom is -0.387 e. The van der Waals surface area contributed by atoms with Crippen molar-refractivity contribution in [3.63, 3.8) is 0 Å². The van der Waals surface area contributed by atoms with Gasteiger partial charge in [0.2, 0.25) is 0 Å². The molecule has 3 saturated heterocycles. The lowest BCUT2D eigenvalue weighted by molar-refractivity contribution is -0.946. The highest BCUT2D eigenvalue weighted by Gasteiger charge is 2.44. The van der Waals surface area contributed by atoms with Crippen molar-refractivity contribution in [3.05, 3.63) is 0 Å². The van der Waals surface area contributed by atoms with Crippen LogP contribution in [0.25, 0.3) is 0 Å². The lowest BCUT2D eigenvalue weighted by Crippen LogP contribution is -2.63. The number of hydrogen-bond donors (Lipinski definition) is 2. The van der Waals surface area contributed by atoms with E-state index in [4.69, 9.17) is 4.55 Å². The number of rotatable bonds is 5. The van der Waals surface area contributed by atoms with Crippen molar-refractivity contribution in [2.75, 3.05) is 31.9 Å². The molecule has 1 unspecified atom stereocenters. The molecule has 3 aliphatic heterocycles. The highest BCUT2D eigenvalue weighted by Crippen LogP contribution is 2.34. The Bertz CT molecular complexity index is 360. The lowest BCUT2D eigenvalue weighted by atomic mass is 9.83. The van der Waals surface area contributed by atoms with Crippen LogP contribution in [0.15, 0.2) is 0 Å². The number of unbranched alkanes of at least 4 members (excludes halogenated alkanes) is 1. The molecule has 6 heteroatoms. The smallest absolute Gasteiger partial charge is 0.264 e. The van der Waals surface area contributed by atoms with Crippen LogP contribution < -0.4 is 0 Å². The number of nitrogens with zero attached hydrogens (tertiary/aromatic N) is 1. The van der Waals surface area contributed by atoms with Gasteiger partial charge in [-0.25, -0.2) is 0 Å². The van der Waals surface area contributed by atoms with E-state index in [1.807, 2.05) is 0 Å². The van der Waals surface area contributed by atoms with Crippen molar-refractivity contribution in [2.45, 2.75) is 31.8 Å². The largest absolute Gasteiger partial charge is 0.387 e. The maximum Gasteiger partial charge on any atom is 0.264 e. The Morgan fingerprint density at radius 3 is 2.35 bits per heavy atom. The van der Waals surface area contributed by atoms with Gasteiger partial charge in [0.25, 0.3) is 10.1 Å². The Balaban J connectivity index is 1.78. The van der Waals surface area contributed by atoms with Crippen LogP contribution in [-0.2, 0) is 10.1 Å². The van der Waals surface area contributed by atoms with Gasteiger partial charge in [0.15, 0.2) is 0 Å². The Morgan fingerprint density at radius 2 is 1.82 bits per heavy atom. The third-order valence-corrected chi connectivity index (χ3v) is 5.16. The first-order valence-electron chi connectivity index (χ1n) is 6.39. The van der Waals surface area contributed by atoms with Crippen molar-refractivity contribution in [2.24, 2.45) is 5.92 Å². The quantitative estimate of drug-likeness (QED) is 0.424. The second-order valence-corrected chi connectivity index (χ2v) is 7.17. The molecule has 100 valence electrons. The SMILES string of the molecule is O=S(=O)(O)CCCC[N+]12CCC(CC1)C(O)C2. The number of piperidine rings is 3. The summed E-state index contributed by atoms with van der Waals surface area (Å²) < 4.78 is 30.8. The van der Waals surface area contributed by atoms with Gasteiger partial charge < -0.3 is 9.59 Å². The fourth-order valence-electron chi connectivity index (χ4n) is 3.30. The zero-order valence-electron chi connectivity index (χ0n) is 10.1. The first-order valence-corrected chi connectivity index (χ1v) is 7.99. The molecule has 0 spiro atoms. The van der Waals surface area contributed by atoms with Gasteiger partial charge in [-0.05, 0) is 12.8 Å². The molecule has 5 nitrogen and oxygen atoms in total. The summed E-state index contributed by atoms with van der Waals surface area (Å²) in [6, 6.07) is 0. The normalized spacial score (nSPS) is 37.3. The van der Waals surface area contributed by atoms with Gasteiger partial charge in [-0.1, -0.05) is 0 Å². The molecule has 17 heavy (non-hydrogen) atoms. The van der Waals surface area contributed by atoms with E-state index in [9.17, 15) is 13.5 Å². The number of aliphatic hydroxyl groups is 1. The molecule has 3 rings (SSSR count). The van der Waals surface area contributed by atoms with Gasteiger partial charge in [0.05, 0.1) is 25.4 Å². The second-order valence-electron chi connectivity index (χ2n) is 5.59. The van der Waals surface area contributed by atoms with E-state index < -0.39 is 10.1 Å². The summed E-state index contributed by atoms with van der Waals surface area (Å²) in [6.07, 6.45) is 3.34. The highest BCUT2D eigenvalue weighted by molar-refractivity contribution is 7.85. The minimum atomic E-state index is -3.81. The van der Waals surface area contributed by atoms with Crippen molar-refractivity contribution in [1.29, 1.82) is 0 Å². The molecule has 0 saturated carbocycles. The number of hydrogen-bond acceptors (Lipinski definition) is 3. The summed E-state index contributed by atoms with van der Waals surface area (Å²) >= 11 is 0. The molecule has 0 aromatic heterocycles. The molecular formula is C11H22NO4S+. The van der Waals surface area contributed by atoms with Gasteiger partial charge in [-0.2, -0.15) is 8.42 Å². The predicted molar refractivity (Wildman–Crippen MR) is 64.1 cm³/mol. The van der Waals surface area contributed by atoms with Gasteiger partial charge >= 0.3 is 0 Å². The van der Waals surface area contributed by atoms with Crippen LogP contribution in [0.4, 0.5) is 0 Å². The standard InChI is InChI=1S/C11H21NO4S/c13-11-9-12(6-3-10(11)4-7-12)5-1-2-8-17(14,15)16/h10-11,13H,1-9H2/p+1. The average Bonchev–Trinajstić information content (AvgIpc) is 2.25. The molecule has 2 N–H and O–H groups in total. The van der Waals surface area contributed by atoms with Crippen molar-refractivity contribution in [1.82, 2.24) is 0 Å². The van der Waals surface area contributed by atoms with Crippen molar-refractivity contribution in [3.8, 4) is 0 Å². The summed E-state index contributed by atoms with van der Waals surface area (Å²) in [7, 11) is -3.81. The molecule has 1 atom stereocenters. The van der Waals surface area contributed by atoms with Crippen molar-refractivity contribution < 1.29 is 22.6 Å². The van der Waals surface area contributed by atoms with Crippen molar-refractivity contribution >= 4 is 10.1 Å². The van der Waals surface area contributed by atoms with E-state index in [2.05, 4.69) is 0 Å². The number of fused-ring (bicyclic) bond motifs is 3. The predicted octanol–water partition coefficient (Wildman–Crippen LogP) is 0.256. The third-order valence-electron chi connectivity index (χ3n) is 4.35. The van der Waals surface area contributed by atoms with Crippen LogP contribution in [0.2, 0.25) is 0 Å². The molecule has 0 radical (unpaired) electrons. The monoisotopic (exact) mass is 264 g/mol. The second kappa shape index (κ2) is 4.84. The summed E-state index contributed by atoms with van der Waals surface area (Å²) in [5, 5.41) is 9.90. The Hall–Kier alpha value is -0.170. The van der Waals surface area contributed by atoms with E-state index >= 15 is 0 Å². The summed E-state index contributed by atoms with van der Waals surface area (Å²) in [5.41, 5.74) is 0. The topological polar surface area (TPSA) is 74.6 Å². The molecule has 0 aliphatic carbocycles. The summed E-state index contributed by atoms with van der Waals surface area (Å²) in [4.78, 5) is 0.